The summed E-state index contributed by atoms with van der Waals surface area (Å²) in [6.07, 6.45) is 3.79. The number of carbonyl (C=O) groups excluding carboxylic acids is 1. The van der Waals surface area contributed by atoms with Gasteiger partial charge in [0.25, 0.3) is 0 Å². The van der Waals surface area contributed by atoms with Gasteiger partial charge in [-0.2, -0.15) is 0 Å². The molecule has 0 saturated heterocycles. The average molecular weight is 503 g/mol. The first-order chi connectivity index (χ1) is 17.8. The molecule has 0 saturated carbocycles. The predicted octanol–water partition coefficient (Wildman–Crippen LogP) is 3.28. The highest BCUT2D eigenvalue weighted by Gasteiger charge is 2.17. The molecule has 4 N–H and O–H groups in total. The zero-order valence-corrected chi connectivity index (χ0v) is 21.9. The molecule has 2 heterocycles. The number of anilines is 4. The zero-order chi connectivity index (χ0) is 26.5. The van der Waals surface area contributed by atoms with Gasteiger partial charge in [0, 0.05) is 62.1 Å². The summed E-state index contributed by atoms with van der Waals surface area (Å²) in [6, 6.07) is 13.8. The molecule has 0 aliphatic carbocycles. The Hall–Kier alpha value is -4.15. The number of fused-ring (bicyclic) bond motifs is 1. The number of aryl methyl sites for hydroxylation is 1. The number of rotatable bonds is 10. The lowest BCUT2D eigenvalue weighted by Gasteiger charge is -2.26. The molecule has 2 aromatic carbocycles. The number of para-hydroxylation sites is 1. The number of benzene rings is 2. The fourth-order valence-electron chi connectivity index (χ4n) is 4.16. The summed E-state index contributed by atoms with van der Waals surface area (Å²) < 4.78 is 7.78. The molecule has 2 aromatic heterocycles. The largest absolute Gasteiger partial charge is 0.494 e. The van der Waals surface area contributed by atoms with Gasteiger partial charge < -0.3 is 35.5 Å². The summed E-state index contributed by atoms with van der Waals surface area (Å²) >= 11 is 0. The molecule has 37 heavy (non-hydrogen) atoms. The second-order valence-corrected chi connectivity index (χ2v) is 9.11. The highest BCUT2D eigenvalue weighted by Crippen LogP contribution is 2.38. The third-order valence-electron chi connectivity index (χ3n) is 6.15. The SMILES string of the molecule is COc1cc(N(C)CCN(C)C)c(NC(=O)CN)cc1Nc1nccc(-c2cn(C)c3ccccc23)n1. The van der Waals surface area contributed by atoms with Crippen LogP contribution in [0.1, 0.15) is 0 Å². The Bertz CT molecular complexity index is 1400. The predicted molar refractivity (Wildman–Crippen MR) is 150 cm³/mol. The molecule has 0 aliphatic heterocycles. The monoisotopic (exact) mass is 502 g/mol. The minimum Gasteiger partial charge on any atom is -0.494 e. The highest BCUT2D eigenvalue weighted by atomic mass is 16.5. The van der Waals surface area contributed by atoms with Crippen LogP contribution in [0.2, 0.25) is 0 Å². The maximum Gasteiger partial charge on any atom is 0.238 e. The number of nitrogens with two attached hydrogens (primary N) is 1. The van der Waals surface area contributed by atoms with Crippen LogP contribution < -0.4 is 26.0 Å². The molecule has 194 valence electrons. The van der Waals surface area contributed by atoms with E-state index in [1.165, 1.54) is 0 Å². The summed E-state index contributed by atoms with van der Waals surface area (Å²) in [5, 5.41) is 7.30. The number of nitrogens with zero attached hydrogens (tertiary/aromatic N) is 5. The Morgan fingerprint density at radius 3 is 2.62 bits per heavy atom. The third-order valence-corrected chi connectivity index (χ3v) is 6.15. The van der Waals surface area contributed by atoms with E-state index in [4.69, 9.17) is 15.5 Å². The van der Waals surface area contributed by atoms with Crippen LogP contribution in [0.3, 0.4) is 0 Å². The van der Waals surface area contributed by atoms with Crippen molar-refractivity contribution in [2.75, 3.05) is 63.4 Å². The molecule has 4 aromatic rings. The topological polar surface area (TPSA) is 114 Å². The normalized spacial score (nSPS) is 11.1. The van der Waals surface area contributed by atoms with Crippen LogP contribution in [-0.2, 0) is 11.8 Å². The third kappa shape index (κ3) is 5.82. The fraction of sp³-hybridized carbons (Fsp3) is 0.296. The molecule has 10 heteroatoms. The minimum atomic E-state index is -0.285. The molecule has 0 unspecified atom stereocenters. The van der Waals surface area contributed by atoms with Gasteiger partial charge in [0.1, 0.15) is 5.75 Å². The Balaban J connectivity index is 1.70. The number of hydrogen-bond donors (Lipinski definition) is 3. The van der Waals surface area contributed by atoms with Crippen molar-refractivity contribution in [2.45, 2.75) is 0 Å². The Kier molecular flexibility index (Phi) is 7.90. The summed E-state index contributed by atoms with van der Waals surface area (Å²) in [4.78, 5) is 25.6. The molecule has 0 aliphatic rings. The van der Waals surface area contributed by atoms with E-state index in [-0.39, 0.29) is 12.5 Å². The summed E-state index contributed by atoms with van der Waals surface area (Å²) in [7, 11) is 9.64. The van der Waals surface area contributed by atoms with Crippen molar-refractivity contribution >= 4 is 39.8 Å². The Morgan fingerprint density at radius 2 is 1.89 bits per heavy atom. The number of amides is 1. The number of methoxy groups -OCH3 is 1. The molecule has 0 spiro atoms. The first kappa shape index (κ1) is 25.9. The van der Waals surface area contributed by atoms with Crippen molar-refractivity contribution in [3.05, 3.63) is 54.9 Å². The summed E-state index contributed by atoms with van der Waals surface area (Å²) in [5.41, 5.74) is 10.6. The molecule has 0 bridgehead atoms. The van der Waals surface area contributed by atoms with Crippen LogP contribution in [0, 0.1) is 0 Å². The van der Waals surface area contributed by atoms with Gasteiger partial charge in [-0.1, -0.05) is 18.2 Å². The van der Waals surface area contributed by atoms with Gasteiger partial charge in [-0.25, -0.2) is 9.97 Å². The Morgan fingerprint density at radius 1 is 1.11 bits per heavy atom. The van der Waals surface area contributed by atoms with Crippen LogP contribution >= 0.6 is 0 Å². The number of carbonyl (C=O) groups is 1. The van der Waals surface area contributed by atoms with E-state index >= 15 is 0 Å². The number of ether oxygens (including phenoxy) is 1. The quantitative estimate of drug-likeness (QED) is 0.303. The molecular formula is C27H34N8O2. The van der Waals surface area contributed by atoms with Crippen molar-refractivity contribution in [1.82, 2.24) is 19.4 Å². The van der Waals surface area contributed by atoms with Gasteiger partial charge in [-0.15, -0.1) is 0 Å². The summed E-state index contributed by atoms with van der Waals surface area (Å²) in [5.74, 6) is 0.720. The van der Waals surface area contributed by atoms with Crippen molar-refractivity contribution < 1.29 is 9.53 Å². The zero-order valence-electron chi connectivity index (χ0n) is 21.9. The standard InChI is InChI=1S/C27H34N8O2/c1-33(2)12-13-34(3)24-15-25(37-5)22(14-21(24)30-26(36)16-28)32-27-29-11-10-20(31-27)19-17-35(4)23-9-7-6-8-18(19)23/h6-11,14-15,17H,12-13,16,28H2,1-5H3,(H,30,36)(H,29,31,32). The number of hydrogen-bond acceptors (Lipinski definition) is 8. The molecule has 0 radical (unpaired) electrons. The maximum atomic E-state index is 12.2. The second kappa shape index (κ2) is 11.3. The van der Waals surface area contributed by atoms with E-state index in [0.717, 1.165) is 40.9 Å². The first-order valence-corrected chi connectivity index (χ1v) is 12.0. The lowest BCUT2D eigenvalue weighted by Crippen LogP contribution is -2.30. The van der Waals surface area contributed by atoms with Crippen molar-refractivity contribution in [3.63, 3.8) is 0 Å². The molecule has 0 fully saturated rings. The van der Waals surface area contributed by atoms with Gasteiger partial charge in [-0.05, 0) is 32.3 Å². The van der Waals surface area contributed by atoms with Crippen molar-refractivity contribution in [1.29, 1.82) is 0 Å². The van der Waals surface area contributed by atoms with E-state index < -0.39 is 0 Å². The van der Waals surface area contributed by atoms with Crippen molar-refractivity contribution in [3.8, 4) is 17.0 Å². The van der Waals surface area contributed by atoms with Crippen LogP contribution in [-0.4, -0.2) is 73.2 Å². The minimum absolute atomic E-state index is 0.119. The fourth-order valence-corrected chi connectivity index (χ4v) is 4.16. The van der Waals surface area contributed by atoms with Gasteiger partial charge >= 0.3 is 0 Å². The van der Waals surface area contributed by atoms with E-state index in [2.05, 4.69) is 48.3 Å². The van der Waals surface area contributed by atoms with Crippen LogP contribution in [0.25, 0.3) is 22.2 Å². The van der Waals surface area contributed by atoms with E-state index in [1.807, 2.05) is 58.5 Å². The van der Waals surface area contributed by atoms with Gasteiger partial charge in [0.05, 0.1) is 36.4 Å². The van der Waals surface area contributed by atoms with Gasteiger partial charge in [0.2, 0.25) is 11.9 Å². The summed E-state index contributed by atoms with van der Waals surface area (Å²) in [6.45, 7) is 1.48. The van der Waals surface area contributed by atoms with Gasteiger partial charge in [-0.3, -0.25) is 4.79 Å². The van der Waals surface area contributed by atoms with E-state index in [0.29, 0.717) is 23.1 Å². The second-order valence-electron chi connectivity index (χ2n) is 9.11. The van der Waals surface area contributed by atoms with E-state index in [9.17, 15) is 4.79 Å². The number of aromatic nitrogens is 3. The van der Waals surface area contributed by atoms with Crippen LogP contribution in [0.4, 0.5) is 23.0 Å². The maximum absolute atomic E-state index is 12.2. The van der Waals surface area contributed by atoms with Crippen LogP contribution in [0.15, 0.2) is 54.9 Å². The van der Waals surface area contributed by atoms with E-state index in [1.54, 1.807) is 13.3 Å². The van der Waals surface area contributed by atoms with Crippen LogP contribution in [0.5, 0.6) is 5.75 Å². The van der Waals surface area contributed by atoms with Crippen molar-refractivity contribution in [2.24, 2.45) is 12.8 Å². The number of nitrogens with one attached hydrogen (secondary N) is 2. The molecule has 0 atom stereocenters. The molecular weight excluding hydrogens is 468 g/mol. The smallest absolute Gasteiger partial charge is 0.238 e. The lowest BCUT2D eigenvalue weighted by molar-refractivity contribution is -0.114. The molecule has 1 amide bonds. The number of likely N-dealkylation sites (N-methyl/N-ethyl adjacent to an activating group) is 2. The Labute approximate surface area is 217 Å². The van der Waals surface area contributed by atoms with Gasteiger partial charge in [0.15, 0.2) is 0 Å². The highest BCUT2D eigenvalue weighted by molar-refractivity contribution is 5.97. The molecule has 10 nitrogen and oxygen atoms in total. The average Bonchev–Trinajstić information content (AvgIpc) is 3.24. The molecule has 4 rings (SSSR count). The first-order valence-electron chi connectivity index (χ1n) is 12.0. The lowest BCUT2D eigenvalue weighted by atomic mass is 10.1.